The lowest BCUT2D eigenvalue weighted by atomic mass is 10.0. The van der Waals surface area contributed by atoms with Gasteiger partial charge in [0.1, 0.15) is 11.5 Å². The number of allylic oxidation sites excluding steroid dienone is 2. The van der Waals surface area contributed by atoms with Gasteiger partial charge < -0.3 is 18.9 Å². The highest BCUT2D eigenvalue weighted by Gasteiger charge is 2.32. The SMILES string of the molecule is O=C(/C=C/CC1(CCc2ccc(OC3CCCCO3)cc2)SCCCS1)CCc1ccc(OC2CCCCO2)cc1. The van der Waals surface area contributed by atoms with Crippen molar-refractivity contribution in [1.82, 2.24) is 0 Å². The van der Waals surface area contributed by atoms with Crippen molar-refractivity contribution in [2.24, 2.45) is 0 Å². The molecule has 222 valence electrons. The van der Waals surface area contributed by atoms with Crippen molar-refractivity contribution in [3.8, 4) is 11.5 Å². The number of carbonyl (C=O) groups is 1. The third-order valence-corrected chi connectivity index (χ3v) is 11.4. The minimum Gasteiger partial charge on any atom is -0.465 e. The van der Waals surface area contributed by atoms with Crippen LogP contribution in [0.4, 0.5) is 0 Å². The van der Waals surface area contributed by atoms with Crippen molar-refractivity contribution < 1.29 is 23.7 Å². The lowest BCUT2D eigenvalue weighted by molar-refractivity contribution is -0.114. The van der Waals surface area contributed by atoms with Gasteiger partial charge in [-0.25, -0.2) is 0 Å². The van der Waals surface area contributed by atoms with Crippen LogP contribution in [0.25, 0.3) is 0 Å². The van der Waals surface area contributed by atoms with Crippen LogP contribution in [0.15, 0.2) is 60.7 Å². The molecular formula is C34H44O5S2. The molecule has 7 heteroatoms. The standard InChI is InChI=1S/C34H44O5S2/c35-29(15-10-27-11-16-30(17-12-27)38-32-8-1-3-23-36-32)7-5-21-34(40-25-6-26-41-34)22-20-28-13-18-31(19-14-28)39-33-9-2-4-24-37-33/h5,7,11-14,16-19,32-33H,1-4,6,8-10,15,20-26H2/b7-5+. The molecule has 5 rings (SSSR count). The Labute approximate surface area is 254 Å². The highest BCUT2D eigenvalue weighted by atomic mass is 32.2. The molecular weight excluding hydrogens is 553 g/mol. The minimum absolute atomic E-state index is 0.107. The van der Waals surface area contributed by atoms with Gasteiger partial charge in [-0.15, -0.1) is 23.5 Å². The molecule has 0 N–H and O–H groups in total. The summed E-state index contributed by atoms with van der Waals surface area (Å²) in [7, 11) is 0. The zero-order valence-corrected chi connectivity index (χ0v) is 25.7. The zero-order chi connectivity index (χ0) is 28.2. The monoisotopic (exact) mass is 596 g/mol. The quantitative estimate of drug-likeness (QED) is 0.216. The van der Waals surface area contributed by atoms with E-state index in [0.29, 0.717) is 6.42 Å². The number of ketones is 1. The van der Waals surface area contributed by atoms with Gasteiger partial charge in [-0.2, -0.15) is 0 Å². The van der Waals surface area contributed by atoms with E-state index in [1.165, 1.54) is 29.9 Å². The number of ether oxygens (including phenoxy) is 4. The van der Waals surface area contributed by atoms with E-state index in [0.717, 1.165) is 88.1 Å². The van der Waals surface area contributed by atoms with E-state index in [2.05, 4.69) is 66.0 Å². The van der Waals surface area contributed by atoms with E-state index < -0.39 is 0 Å². The molecule has 2 aromatic carbocycles. The summed E-state index contributed by atoms with van der Waals surface area (Å²) in [6, 6.07) is 16.6. The summed E-state index contributed by atoms with van der Waals surface area (Å²) in [6.45, 7) is 1.57. The van der Waals surface area contributed by atoms with E-state index in [4.69, 9.17) is 18.9 Å². The highest BCUT2D eigenvalue weighted by Crippen LogP contribution is 2.48. The molecule has 41 heavy (non-hydrogen) atoms. The molecule has 5 nitrogen and oxygen atoms in total. The van der Waals surface area contributed by atoms with Crippen LogP contribution in [0.5, 0.6) is 11.5 Å². The van der Waals surface area contributed by atoms with Crippen LogP contribution < -0.4 is 9.47 Å². The molecule has 2 atom stereocenters. The Hall–Kier alpha value is -1.93. The maximum absolute atomic E-state index is 12.7. The molecule has 3 saturated heterocycles. The zero-order valence-electron chi connectivity index (χ0n) is 24.1. The van der Waals surface area contributed by atoms with E-state index in [1.54, 1.807) is 0 Å². The summed E-state index contributed by atoms with van der Waals surface area (Å²) in [5.41, 5.74) is 2.48. The summed E-state index contributed by atoms with van der Waals surface area (Å²) in [5, 5.41) is 0. The molecule has 0 aliphatic carbocycles. The Kier molecular flexibility index (Phi) is 12.0. The van der Waals surface area contributed by atoms with Gasteiger partial charge in [0.2, 0.25) is 0 Å². The van der Waals surface area contributed by atoms with Gasteiger partial charge in [-0.3, -0.25) is 4.79 Å². The van der Waals surface area contributed by atoms with Gasteiger partial charge in [0.25, 0.3) is 0 Å². The van der Waals surface area contributed by atoms with Crippen LogP contribution in [0.2, 0.25) is 0 Å². The average Bonchev–Trinajstić information content (AvgIpc) is 3.02. The first-order valence-electron chi connectivity index (χ1n) is 15.4. The first-order chi connectivity index (χ1) is 20.2. The molecule has 0 spiro atoms. The molecule has 3 aliphatic heterocycles. The summed E-state index contributed by atoms with van der Waals surface area (Å²) in [6.07, 6.45) is 15.7. The Morgan fingerprint density at radius 2 is 1.34 bits per heavy atom. The molecule has 0 aromatic heterocycles. The van der Waals surface area contributed by atoms with Crippen molar-refractivity contribution >= 4 is 29.3 Å². The second kappa shape index (κ2) is 16.1. The first-order valence-corrected chi connectivity index (χ1v) is 17.3. The molecule has 0 radical (unpaired) electrons. The minimum atomic E-state index is -0.133. The van der Waals surface area contributed by atoms with Crippen molar-refractivity contribution in [3.05, 3.63) is 71.8 Å². The van der Waals surface area contributed by atoms with Gasteiger partial charge in [0.05, 0.1) is 17.3 Å². The van der Waals surface area contributed by atoms with E-state index >= 15 is 0 Å². The van der Waals surface area contributed by atoms with E-state index in [1.807, 2.05) is 18.2 Å². The smallest absolute Gasteiger partial charge is 0.199 e. The molecule has 3 fully saturated rings. The van der Waals surface area contributed by atoms with Gasteiger partial charge in [-0.1, -0.05) is 30.3 Å². The topological polar surface area (TPSA) is 54.0 Å². The third kappa shape index (κ3) is 10.1. The van der Waals surface area contributed by atoms with Crippen molar-refractivity contribution in [2.75, 3.05) is 24.7 Å². The maximum atomic E-state index is 12.7. The summed E-state index contributed by atoms with van der Waals surface area (Å²) in [5.74, 6) is 4.29. The second-order valence-electron chi connectivity index (χ2n) is 11.1. The predicted molar refractivity (Wildman–Crippen MR) is 169 cm³/mol. The van der Waals surface area contributed by atoms with Crippen molar-refractivity contribution in [2.45, 2.75) is 93.7 Å². The van der Waals surface area contributed by atoms with Gasteiger partial charge >= 0.3 is 0 Å². The molecule has 0 bridgehead atoms. The van der Waals surface area contributed by atoms with Gasteiger partial charge in [-0.05, 0) is 111 Å². The largest absolute Gasteiger partial charge is 0.465 e. The number of carbonyl (C=O) groups excluding carboxylic acids is 1. The molecule has 2 unspecified atom stereocenters. The van der Waals surface area contributed by atoms with Crippen LogP contribution in [0.1, 0.15) is 75.3 Å². The number of thioether (sulfide) groups is 2. The first kappa shape index (κ1) is 30.5. The number of hydrogen-bond acceptors (Lipinski definition) is 7. The Morgan fingerprint density at radius 1 is 0.780 bits per heavy atom. The molecule has 3 heterocycles. The van der Waals surface area contributed by atoms with Crippen LogP contribution in [0, 0.1) is 0 Å². The highest BCUT2D eigenvalue weighted by molar-refractivity contribution is 8.18. The van der Waals surface area contributed by atoms with Crippen molar-refractivity contribution in [1.29, 1.82) is 0 Å². The Bertz CT molecular complexity index is 1080. The lowest BCUT2D eigenvalue weighted by Gasteiger charge is -2.35. The fourth-order valence-electron chi connectivity index (χ4n) is 5.42. The maximum Gasteiger partial charge on any atom is 0.199 e. The molecule has 0 amide bonds. The van der Waals surface area contributed by atoms with Crippen LogP contribution in [-0.4, -0.2) is 47.2 Å². The predicted octanol–water partition coefficient (Wildman–Crippen LogP) is 8.14. The second-order valence-corrected chi connectivity index (χ2v) is 14.4. The van der Waals surface area contributed by atoms with E-state index in [-0.39, 0.29) is 22.4 Å². The van der Waals surface area contributed by atoms with E-state index in [9.17, 15) is 4.79 Å². The fourth-order valence-corrected chi connectivity index (χ4v) is 8.68. The number of aryl methyl sites for hydroxylation is 2. The van der Waals surface area contributed by atoms with Gasteiger partial charge in [0.15, 0.2) is 18.4 Å². The number of benzene rings is 2. The number of rotatable bonds is 13. The summed E-state index contributed by atoms with van der Waals surface area (Å²) < 4.78 is 23.4. The average molecular weight is 597 g/mol. The van der Waals surface area contributed by atoms with Crippen molar-refractivity contribution in [3.63, 3.8) is 0 Å². The van der Waals surface area contributed by atoms with Gasteiger partial charge in [0, 0.05) is 19.3 Å². The Morgan fingerprint density at radius 3 is 1.88 bits per heavy atom. The molecule has 2 aromatic rings. The normalized spacial score (nSPS) is 22.8. The lowest BCUT2D eigenvalue weighted by Crippen LogP contribution is -2.25. The third-order valence-electron chi connectivity index (χ3n) is 7.86. The molecule has 3 aliphatic rings. The van der Waals surface area contributed by atoms with Crippen LogP contribution in [0.3, 0.4) is 0 Å². The summed E-state index contributed by atoms with van der Waals surface area (Å²) >= 11 is 4.14. The van der Waals surface area contributed by atoms with Crippen LogP contribution in [-0.2, 0) is 27.1 Å². The number of hydrogen-bond donors (Lipinski definition) is 0. The Balaban J connectivity index is 1.05. The summed E-state index contributed by atoms with van der Waals surface area (Å²) in [4.78, 5) is 12.7. The van der Waals surface area contributed by atoms with Crippen LogP contribution >= 0.6 is 23.5 Å². The fraction of sp³-hybridized carbons (Fsp3) is 0.559. The molecule has 0 saturated carbocycles.